The molecule has 0 aromatic heterocycles. The highest BCUT2D eigenvalue weighted by Crippen LogP contribution is 2.39. The van der Waals surface area contributed by atoms with E-state index in [0.29, 0.717) is 5.92 Å². The minimum atomic E-state index is -0.922. The first-order valence-electron chi connectivity index (χ1n) is 8.57. The summed E-state index contributed by atoms with van der Waals surface area (Å²) in [6.45, 7) is 6.00. The second kappa shape index (κ2) is 7.92. The molecule has 0 saturated carbocycles. The zero-order valence-electron chi connectivity index (χ0n) is 15.4. The summed E-state index contributed by atoms with van der Waals surface area (Å²) in [5.74, 6) is -0.299. The lowest BCUT2D eigenvalue weighted by molar-refractivity contribution is -0.386. The van der Waals surface area contributed by atoms with Crippen molar-refractivity contribution in [3.63, 3.8) is 0 Å². The second-order valence-corrected chi connectivity index (χ2v) is 7.16. The number of nitro groups is 1. The molecule has 0 radical (unpaired) electrons. The van der Waals surface area contributed by atoms with Crippen LogP contribution in [0.4, 0.5) is 11.4 Å². The van der Waals surface area contributed by atoms with Crippen molar-refractivity contribution in [1.29, 1.82) is 0 Å². The fraction of sp³-hybridized carbons (Fsp3) is 0.556. The van der Waals surface area contributed by atoms with Crippen molar-refractivity contribution in [3.8, 4) is 0 Å². The molecule has 4 atom stereocenters. The lowest BCUT2D eigenvalue weighted by Gasteiger charge is -2.47. The molecule has 8 nitrogen and oxygen atoms in total. The van der Waals surface area contributed by atoms with Crippen LogP contribution in [-0.2, 0) is 14.3 Å². The highest BCUT2D eigenvalue weighted by atomic mass is 16.6. The zero-order valence-corrected chi connectivity index (χ0v) is 15.4. The predicted molar refractivity (Wildman–Crippen MR) is 96.7 cm³/mol. The monoisotopic (exact) mass is 363 g/mol. The number of Topliss-reactive ketones (excluding diaryl/α,β-unsaturated/α-hetero) is 1. The molecule has 1 fully saturated rings. The fourth-order valence-corrected chi connectivity index (χ4v) is 3.61. The number of morpholine rings is 1. The number of hydrogen-bond donors (Lipinski definition) is 1. The van der Waals surface area contributed by atoms with Crippen LogP contribution >= 0.6 is 0 Å². The number of carbonyl (C=O) groups is 2. The van der Waals surface area contributed by atoms with E-state index in [9.17, 15) is 19.7 Å². The first-order valence-corrected chi connectivity index (χ1v) is 8.57. The summed E-state index contributed by atoms with van der Waals surface area (Å²) in [5.41, 5.74) is 5.93. The number of hydrogen-bond acceptors (Lipinski definition) is 7. The van der Waals surface area contributed by atoms with Gasteiger partial charge in [-0.3, -0.25) is 24.6 Å². The van der Waals surface area contributed by atoms with Gasteiger partial charge < -0.3 is 10.5 Å². The molecule has 8 heteroatoms. The molecule has 0 amide bonds. The Balaban J connectivity index is 2.52. The number of nitrogen functional groups attached to an aromatic ring is 1. The lowest BCUT2D eigenvalue weighted by Crippen LogP contribution is -2.58. The summed E-state index contributed by atoms with van der Waals surface area (Å²) in [7, 11) is 1.76. The van der Waals surface area contributed by atoms with E-state index in [2.05, 4.69) is 13.8 Å². The number of anilines is 1. The van der Waals surface area contributed by atoms with Crippen LogP contribution in [0, 0.1) is 16.0 Å². The predicted octanol–water partition coefficient (Wildman–Crippen LogP) is 2.12. The van der Waals surface area contributed by atoms with Gasteiger partial charge in [0.25, 0.3) is 5.69 Å². The standard InChI is InChI=1S/C18H25N3O5/c1-10(2)7-14-11(3)26-18(17(20(14)4)16(23)9-22)13-6-5-12(19)8-15(13)21(24)25/h5-6,8-11,14,17-18H,7,19H2,1-4H3. The van der Waals surface area contributed by atoms with E-state index in [1.54, 1.807) is 7.05 Å². The summed E-state index contributed by atoms with van der Waals surface area (Å²) in [6.07, 6.45) is -0.155. The number of nitro benzene ring substituents is 1. The Morgan fingerprint density at radius 3 is 2.65 bits per heavy atom. The Kier molecular flexibility index (Phi) is 6.09. The van der Waals surface area contributed by atoms with Crippen molar-refractivity contribution in [2.24, 2.45) is 5.92 Å². The maximum absolute atomic E-state index is 12.4. The molecule has 26 heavy (non-hydrogen) atoms. The smallest absolute Gasteiger partial charge is 0.277 e. The van der Waals surface area contributed by atoms with Crippen LogP contribution in [0.15, 0.2) is 18.2 Å². The van der Waals surface area contributed by atoms with Crippen LogP contribution in [0.1, 0.15) is 38.9 Å². The first-order chi connectivity index (χ1) is 12.2. The summed E-state index contributed by atoms with van der Waals surface area (Å²) < 4.78 is 6.06. The maximum atomic E-state index is 12.4. The number of carbonyl (C=O) groups excluding carboxylic acids is 2. The number of likely N-dealkylation sites (N-methyl/N-ethyl adjacent to an activating group) is 1. The molecule has 0 aliphatic carbocycles. The molecular formula is C18H25N3O5. The quantitative estimate of drug-likeness (QED) is 0.270. The van der Waals surface area contributed by atoms with E-state index in [1.165, 1.54) is 18.2 Å². The first kappa shape index (κ1) is 20.0. The molecule has 0 bridgehead atoms. The average molecular weight is 363 g/mol. The molecule has 1 aromatic rings. The van der Waals surface area contributed by atoms with Gasteiger partial charge in [0.05, 0.1) is 16.6 Å². The lowest BCUT2D eigenvalue weighted by atomic mass is 9.88. The SMILES string of the molecule is CC(C)CC1C(C)OC(c2ccc(N)cc2[N+](=O)[O-])C(C(=O)C=O)N1C. The van der Waals surface area contributed by atoms with Gasteiger partial charge in [0.1, 0.15) is 12.1 Å². The number of nitrogens with zero attached hydrogens (tertiary/aromatic N) is 2. The molecule has 142 valence electrons. The Morgan fingerprint density at radius 2 is 2.12 bits per heavy atom. The molecule has 1 saturated heterocycles. The van der Waals surface area contributed by atoms with E-state index in [-0.39, 0.29) is 35.4 Å². The second-order valence-electron chi connectivity index (χ2n) is 7.16. The largest absolute Gasteiger partial charge is 0.399 e. The molecule has 1 aliphatic rings. The van der Waals surface area contributed by atoms with E-state index >= 15 is 0 Å². The van der Waals surface area contributed by atoms with Gasteiger partial charge in [0, 0.05) is 17.8 Å². The molecule has 2 N–H and O–H groups in total. The normalized spacial score (nSPS) is 26.7. The van der Waals surface area contributed by atoms with Crippen LogP contribution in [0.3, 0.4) is 0 Å². The summed E-state index contributed by atoms with van der Waals surface area (Å²) in [4.78, 5) is 36.3. The highest BCUT2D eigenvalue weighted by molar-refractivity contribution is 6.27. The Labute approximate surface area is 152 Å². The maximum Gasteiger partial charge on any atom is 0.277 e. The van der Waals surface area contributed by atoms with Crippen molar-refractivity contribution in [1.82, 2.24) is 4.90 Å². The van der Waals surface area contributed by atoms with Gasteiger partial charge >= 0.3 is 0 Å². The molecule has 4 unspecified atom stereocenters. The number of aldehydes is 1. The zero-order chi connectivity index (χ0) is 19.6. The van der Waals surface area contributed by atoms with Gasteiger partial charge in [-0.15, -0.1) is 0 Å². The van der Waals surface area contributed by atoms with Crippen molar-refractivity contribution in [2.75, 3.05) is 12.8 Å². The van der Waals surface area contributed by atoms with Crippen molar-refractivity contribution in [3.05, 3.63) is 33.9 Å². The van der Waals surface area contributed by atoms with Crippen molar-refractivity contribution < 1.29 is 19.2 Å². The van der Waals surface area contributed by atoms with E-state index in [4.69, 9.17) is 10.5 Å². The van der Waals surface area contributed by atoms with Crippen molar-refractivity contribution >= 4 is 23.4 Å². The highest BCUT2D eigenvalue weighted by Gasteiger charge is 2.46. The van der Waals surface area contributed by atoms with Crippen molar-refractivity contribution in [2.45, 2.75) is 51.5 Å². The van der Waals surface area contributed by atoms with Gasteiger partial charge in [0.15, 0.2) is 6.29 Å². The van der Waals surface area contributed by atoms with Gasteiger partial charge in [0.2, 0.25) is 5.78 Å². The fourth-order valence-electron chi connectivity index (χ4n) is 3.61. The summed E-state index contributed by atoms with van der Waals surface area (Å²) in [6, 6.07) is 3.26. The molecule has 2 rings (SSSR count). The number of ketones is 1. The van der Waals surface area contributed by atoms with E-state index in [0.717, 1.165) is 6.42 Å². The third-order valence-corrected chi connectivity index (χ3v) is 4.83. The van der Waals surface area contributed by atoms with Crippen LogP contribution in [0.5, 0.6) is 0 Å². The minimum absolute atomic E-state index is 0.0759. The van der Waals surface area contributed by atoms with Crippen LogP contribution in [-0.4, -0.2) is 47.1 Å². The number of benzene rings is 1. The van der Waals surface area contributed by atoms with E-state index in [1.807, 2.05) is 11.8 Å². The van der Waals surface area contributed by atoms with Gasteiger partial charge in [-0.25, -0.2) is 0 Å². The summed E-state index contributed by atoms with van der Waals surface area (Å²) >= 11 is 0. The molecule has 1 heterocycles. The third kappa shape index (κ3) is 3.91. The minimum Gasteiger partial charge on any atom is -0.399 e. The molecular weight excluding hydrogens is 338 g/mol. The third-order valence-electron chi connectivity index (χ3n) is 4.83. The van der Waals surface area contributed by atoms with Gasteiger partial charge in [-0.05, 0) is 38.4 Å². The van der Waals surface area contributed by atoms with E-state index < -0.39 is 22.9 Å². The summed E-state index contributed by atoms with van der Waals surface area (Å²) in [5, 5.41) is 11.5. The van der Waals surface area contributed by atoms with Gasteiger partial charge in [-0.1, -0.05) is 13.8 Å². The molecule has 0 spiro atoms. The van der Waals surface area contributed by atoms with Crippen LogP contribution in [0.25, 0.3) is 0 Å². The van der Waals surface area contributed by atoms with Crippen LogP contribution in [0.2, 0.25) is 0 Å². The average Bonchev–Trinajstić information content (AvgIpc) is 2.57. The number of nitrogens with two attached hydrogens (primary N) is 1. The molecule has 1 aliphatic heterocycles. The Hall–Kier alpha value is -2.32. The van der Waals surface area contributed by atoms with Gasteiger partial charge in [-0.2, -0.15) is 0 Å². The topological polar surface area (TPSA) is 116 Å². The number of ether oxygens (including phenoxy) is 1. The Bertz CT molecular complexity index is 706. The Morgan fingerprint density at radius 1 is 1.46 bits per heavy atom. The molecule has 1 aromatic carbocycles. The van der Waals surface area contributed by atoms with Crippen LogP contribution < -0.4 is 5.73 Å². The number of rotatable bonds is 6.